The third kappa shape index (κ3) is 18.6. The predicted octanol–water partition coefficient (Wildman–Crippen LogP) is -2.36. The summed E-state index contributed by atoms with van der Waals surface area (Å²) in [5.41, 5.74) is 26.6. The number of hydrogen-bond donors (Lipinski definition) is 7. The maximum absolute atomic E-state index is 15.4. The monoisotopic (exact) mass is 1810 g/mol. The summed E-state index contributed by atoms with van der Waals surface area (Å²) in [7, 11) is -1.77. The second kappa shape index (κ2) is 36.3. The molecule has 6 aliphatic heterocycles. The number of rotatable bonds is 38. The number of aliphatic hydroxyl groups is 1. The Balaban J connectivity index is 0.746. The summed E-state index contributed by atoms with van der Waals surface area (Å²) in [6, 6.07) is 0. The van der Waals surface area contributed by atoms with Crippen LogP contribution in [-0.2, 0) is 138 Å². The Bertz CT molecular complexity index is 5390. The highest BCUT2D eigenvalue weighted by Gasteiger charge is 2.68. The normalized spacial score (nSPS) is 30.9. The van der Waals surface area contributed by atoms with Gasteiger partial charge in [-0.1, -0.05) is 30.5 Å². The van der Waals surface area contributed by atoms with Gasteiger partial charge in [-0.05, 0) is 27.2 Å². The number of aryl methyl sites for hydroxylation is 2. The lowest BCUT2D eigenvalue weighted by Gasteiger charge is -2.40. The molecule has 2 bridgehead atoms. The zero-order valence-electron chi connectivity index (χ0n) is 64.0. The van der Waals surface area contributed by atoms with Gasteiger partial charge in [0.2, 0.25) is 5.95 Å². The van der Waals surface area contributed by atoms with Crippen LogP contribution in [0.15, 0.2) is 58.4 Å². The molecule has 57 heteroatoms. The quantitative estimate of drug-likeness (QED) is 0.0121. The molecule has 0 amide bonds. The van der Waals surface area contributed by atoms with Crippen molar-refractivity contribution in [1.82, 2.24) is 77.7 Å². The highest BCUT2D eigenvalue weighted by atomic mass is 32.7. The minimum Gasteiger partial charge on any atom is -0.780 e. The van der Waals surface area contributed by atoms with E-state index in [1.54, 1.807) is 25.3 Å². The van der Waals surface area contributed by atoms with Gasteiger partial charge in [0.15, 0.2) is 65.8 Å². The number of aliphatic hydroxyl groups excluding tert-OH is 1. The second-order valence-electron chi connectivity index (χ2n) is 27.8. The van der Waals surface area contributed by atoms with Crippen LogP contribution in [0.3, 0.4) is 0 Å². The van der Waals surface area contributed by atoms with Gasteiger partial charge in [-0.2, -0.15) is 15.0 Å². The molecule has 0 aliphatic carbocycles. The highest BCUT2D eigenvalue weighted by Crippen LogP contribution is 2.59. The maximum atomic E-state index is 15.4. The molecule has 14 heterocycles. The van der Waals surface area contributed by atoms with E-state index in [-0.39, 0.29) is 97.6 Å². The summed E-state index contributed by atoms with van der Waals surface area (Å²) in [5, 5.41) is 11.8. The van der Waals surface area contributed by atoms with Crippen molar-refractivity contribution in [3.8, 4) is 0 Å². The Morgan fingerprint density at radius 3 is 1.66 bits per heavy atom. The molecule has 50 nitrogen and oxygen atoms in total. The van der Waals surface area contributed by atoms with Gasteiger partial charge >= 0.3 is 11.4 Å². The van der Waals surface area contributed by atoms with Gasteiger partial charge in [0.1, 0.15) is 128 Å². The summed E-state index contributed by atoms with van der Waals surface area (Å²) in [4.78, 5) is 129. The second-order valence-corrected chi connectivity index (χ2v) is 37.3. The Morgan fingerprint density at radius 1 is 0.571 bits per heavy atom. The number of nitrogens with one attached hydrogen (secondary N) is 1. The molecule has 6 saturated heterocycles. The molecule has 0 spiro atoms. The van der Waals surface area contributed by atoms with Crippen LogP contribution in [0.4, 0.5) is 29.2 Å². The van der Waals surface area contributed by atoms with Crippen molar-refractivity contribution < 1.29 is 122 Å². The van der Waals surface area contributed by atoms with Gasteiger partial charge in [0.25, 0.3) is 13.4 Å². The first-order valence-corrected chi connectivity index (χ1v) is 45.6. The maximum Gasteiger partial charge on any atom is 0.351 e. The average Bonchev–Trinajstić information content (AvgIpc) is 1.55. The number of nitrogen functional groups attached to an aromatic ring is 5. The molecule has 0 aromatic carbocycles. The van der Waals surface area contributed by atoms with E-state index in [2.05, 4.69) is 54.8 Å². The van der Waals surface area contributed by atoms with Gasteiger partial charge in [-0.25, -0.2) is 44.5 Å². The largest absolute Gasteiger partial charge is 0.780 e. The number of aromatic amines is 1. The average molecular weight is 1810 g/mol. The molecule has 6 aliphatic rings. The molecule has 652 valence electrons. The third-order valence-electron chi connectivity index (χ3n) is 20.3. The number of phosphoric ester groups is 1. The van der Waals surface area contributed by atoms with Crippen LogP contribution in [0.25, 0.3) is 33.5 Å². The number of nitrogens with two attached hydrogens (primary N) is 5. The topological polar surface area (TPSA) is 659 Å². The van der Waals surface area contributed by atoms with E-state index in [1.807, 2.05) is 0 Å². The Hall–Kier alpha value is -6.64. The van der Waals surface area contributed by atoms with Gasteiger partial charge in [0, 0.05) is 51.3 Å². The summed E-state index contributed by atoms with van der Waals surface area (Å²) < 4.78 is 158. The highest BCUT2D eigenvalue weighted by molar-refractivity contribution is 8.32. The SMILES string of the molecule is CC[C@H]1O[C@@H](n2cnc3c(N)ncnc32)CC1OP([O-])(=S)OC[C@]12O[C@@H](n3cc(C)c(N)nc3=O)[C@@H](O[C@H]1C)C2OP(=O)([O-])OC[C@H]1O[C@@H](n2cnc3c(N)ncnc32)[C@@H](OCCOC)C1OP(=O)([S-])OC[C@H]1O[C@@H](n2cnc3c(=O)[nH]c(N)nc32)[C@@H](OCCOC)C1OP([O-])(=S)OC[C@H]1O[C@@H](n2cc(C)c(N)nc2=O)[C@@H](OCCOC)C1O. The number of aromatic nitrogens is 16. The molecule has 14 rings (SSSR count). The van der Waals surface area contributed by atoms with E-state index in [0.29, 0.717) is 28.7 Å². The zero-order valence-corrected chi connectivity index (χ0v) is 70.0. The first-order valence-electron chi connectivity index (χ1n) is 36.4. The molecule has 6 fully saturated rings. The van der Waals surface area contributed by atoms with Crippen LogP contribution in [-0.4, -0.2) is 261 Å². The van der Waals surface area contributed by atoms with Crippen molar-refractivity contribution >= 4 is 127 Å². The van der Waals surface area contributed by atoms with Gasteiger partial charge in [0.05, 0.1) is 103 Å². The molecular weight excluding hydrogens is 1720 g/mol. The molecule has 9 unspecified atom stereocenters. The first-order chi connectivity index (χ1) is 56.6. The number of phosphoric acid groups is 1. The molecule has 12 N–H and O–H groups in total. The summed E-state index contributed by atoms with van der Waals surface area (Å²) in [6.07, 6.45) is -18.4. The Morgan fingerprint density at radius 2 is 1.08 bits per heavy atom. The van der Waals surface area contributed by atoms with Crippen LogP contribution < -0.4 is 60.3 Å². The lowest BCUT2D eigenvalue weighted by Crippen LogP contribution is -2.51. The first kappa shape index (κ1) is 88.7. The number of fused-ring (bicyclic) bond motifs is 5. The van der Waals surface area contributed by atoms with Crippen LogP contribution >= 0.6 is 28.1 Å². The molecule has 8 aromatic heterocycles. The summed E-state index contributed by atoms with van der Waals surface area (Å²) in [5.74, 6) is -0.516. The van der Waals surface area contributed by atoms with Crippen molar-refractivity contribution in [2.75, 3.05) is 116 Å². The van der Waals surface area contributed by atoms with Crippen LogP contribution in [0.1, 0.15) is 69.0 Å². The van der Waals surface area contributed by atoms with Crippen LogP contribution in [0.5, 0.6) is 0 Å². The smallest absolute Gasteiger partial charge is 0.351 e. The molecule has 24 atom stereocenters. The fraction of sp³-hybridized carbons (Fsp3) is 0.629. The lowest BCUT2D eigenvalue weighted by atomic mass is 9.94. The Kier molecular flexibility index (Phi) is 27.0. The number of ether oxygens (including phenoxy) is 12. The van der Waals surface area contributed by atoms with Crippen molar-refractivity contribution in [2.24, 2.45) is 0 Å². The number of methoxy groups -OCH3 is 3. The molecule has 8 aromatic rings. The van der Waals surface area contributed by atoms with E-state index in [9.17, 15) is 38.7 Å². The summed E-state index contributed by atoms with van der Waals surface area (Å²) >= 11 is 16.8. The van der Waals surface area contributed by atoms with Crippen molar-refractivity contribution in [3.63, 3.8) is 0 Å². The van der Waals surface area contributed by atoms with E-state index in [1.165, 1.54) is 68.8 Å². The lowest BCUT2D eigenvalue weighted by molar-refractivity contribution is -0.245. The fourth-order valence-electron chi connectivity index (χ4n) is 14.5. The fourth-order valence-corrected chi connectivity index (χ4v) is 19.8. The number of anilines is 5. The summed E-state index contributed by atoms with van der Waals surface area (Å²) in [6.45, 7) is -13.1. The van der Waals surface area contributed by atoms with E-state index < -0.39 is 194 Å². The molecule has 0 saturated carbocycles. The van der Waals surface area contributed by atoms with E-state index in [0.717, 1.165) is 21.8 Å². The van der Waals surface area contributed by atoms with Crippen molar-refractivity contribution in [2.45, 2.75) is 163 Å². The number of imidazole rings is 3. The molecule has 0 radical (unpaired) electrons. The van der Waals surface area contributed by atoms with Gasteiger partial charge < -0.3 is 154 Å². The van der Waals surface area contributed by atoms with Gasteiger partial charge in [-0.3, -0.25) is 41.7 Å². The van der Waals surface area contributed by atoms with Crippen LogP contribution in [0.2, 0.25) is 0 Å². The number of hydrogen-bond acceptors (Lipinski definition) is 47. The van der Waals surface area contributed by atoms with E-state index >= 15 is 4.57 Å². The molecular formula is C62H83N21O29P4S3-4. The molecule has 119 heavy (non-hydrogen) atoms. The van der Waals surface area contributed by atoms with Crippen molar-refractivity contribution in [3.05, 3.63) is 86.5 Å². The zero-order chi connectivity index (χ0) is 84.9. The predicted molar refractivity (Wildman–Crippen MR) is 410 cm³/mol. The minimum absolute atomic E-state index is 0.0364. The number of nitrogens with zero attached hydrogens (tertiary/aromatic N) is 15. The van der Waals surface area contributed by atoms with E-state index in [4.69, 9.17) is 158 Å². The number of H-pyrrole nitrogens is 1. The Labute approximate surface area is 688 Å². The third-order valence-corrected chi connectivity index (χ3v) is 25.9. The van der Waals surface area contributed by atoms with Gasteiger partial charge in [-0.15, -0.1) is 0 Å². The standard InChI is InChI=1S/C62H87N21O29P4S3/c1-8-30-31(15-35(104-30)81-24-72-36-49(65)68-22-70-51(36)81)109-116(92,119)102-21-62-29(4)103-45(58(108-62)80-17-28(3)48(64)76-61(80)87)46(62)112-113(88,89)99-19-33-40(43(97-13-10-94-6)56(106-33)82-25-73-37-50(66)69-23-71-52(37)82)110-115(91,118)101-20-34-41(44(98-14-11-95-7)57(107-34)83-26-74-38-53(83)77-59(67)78-54(38)85)111-114(90,117)100-18-32-39(84)42(96-12-9-93-5)55(105-32)79-16-27(2)47(63)75-60(79)86/h16-17,22-26,29-35,39-46,55-58,84H,8-15,18-21H2,1-7H3,(H,88,89)(H,90,117)(H,91,118)(H,92,119)(H2,63,75,86)(H2,64,76,87)(H2,65,68,70)(H2,66,69,71)(H3,67,77,78,85)/p-4/t29-,30+,31?,32+,33+,34+,35+,39?,40?,41?,42-,43-,44-,45-,46?,55+,56+,57+,58+,62-,114?,115?,116?/m0/s1. The van der Waals surface area contributed by atoms with Crippen molar-refractivity contribution in [1.29, 1.82) is 0 Å². The van der Waals surface area contributed by atoms with Crippen LogP contribution in [0, 0.1) is 13.8 Å². The minimum atomic E-state index is -5.92.